The van der Waals surface area contributed by atoms with E-state index in [9.17, 15) is 4.79 Å². The van der Waals surface area contributed by atoms with Crippen molar-refractivity contribution in [3.8, 4) is 28.3 Å². The van der Waals surface area contributed by atoms with E-state index in [1.807, 2.05) is 12.1 Å². The predicted molar refractivity (Wildman–Crippen MR) is 142 cm³/mol. The van der Waals surface area contributed by atoms with Crippen molar-refractivity contribution >= 4 is 17.7 Å². The highest BCUT2D eigenvalue weighted by Crippen LogP contribution is 2.33. The van der Waals surface area contributed by atoms with Gasteiger partial charge in [-0.1, -0.05) is 85.1 Å². The second-order valence-electron chi connectivity index (χ2n) is 8.42. The van der Waals surface area contributed by atoms with Crippen LogP contribution in [0.5, 0.6) is 5.75 Å². The van der Waals surface area contributed by atoms with E-state index in [4.69, 9.17) is 21.3 Å². The number of halogens is 1. The first-order valence-electron chi connectivity index (χ1n) is 12.0. The Bertz CT molecular complexity index is 1220. The second kappa shape index (κ2) is 12.2. The SMILES string of the molecule is Cc1nc(-c2ccccc2)c(-c2ccccc2)n1CCCCCCNC(=O)Oc1ccc(Cl)cc1. The Morgan fingerprint density at radius 2 is 1.49 bits per heavy atom. The summed E-state index contributed by atoms with van der Waals surface area (Å²) in [5, 5.41) is 3.41. The Labute approximate surface area is 211 Å². The van der Waals surface area contributed by atoms with Gasteiger partial charge in [0.05, 0.1) is 11.4 Å². The molecule has 0 saturated carbocycles. The van der Waals surface area contributed by atoms with Crippen molar-refractivity contribution in [2.45, 2.75) is 39.2 Å². The van der Waals surface area contributed by atoms with E-state index in [0.717, 1.165) is 49.3 Å². The Hall–Kier alpha value is -3.57. The smallest absolute Gasteiger partial charge is 0.410 e. The van der Waals surface area contributed by atoms with Gasteiger partial charge in [-0.05, 0) is 44.0 Å². The number of rotatable bonds is 10. The molecule has 0 fully saturated rings. The average molecular weight is 488 g/mol. The molecule has 0 unspecified atom stereocenters. The summed E-state index contributed by atoms with van der Waals surface area (Å²) >= 11 is 5.85. The maximum atomic E-state index is 11.9. The van der Waals surface area contributed by atoms with Gasteiger partial charge in [-0.3, -0.25) is 0 Å². The first-order valence-corrected chi connectivity index (χ1v) is 12.4. The maximum absolute atomic E-state index is 11.9. The van der Waals surface area contributed by atoms with E-state index < -0.39 is 6.09 Å². The number of imidazole rings is 1. The zero-order valence-electron chi connectivity index (χ0n) is 19.9. The molecule has 0 bridgehead atoms. The number of carbonyl (C=O) groups is 1. The molecule has 0 aliphatic rings. The Morgan fingerprint density at radius 3 is 2.17 bits per heavy atom. The number of amides is 1. The molecule has 4 aromatic rings. The highest BCUT2D eigenvalue weighted by atomic mass is 35.5. The van der Waals surface area contributed by atoms with Crippen LogP contribution in [-0.2, 0) is 6.54 Å². The molecule has 6 heteroatoms. The molecule has 0 atom stereocenters. The van der Waals surface area contributed by atoms with E-state index in [1.165, 1.54) is 11.3 Å². The first kappa shape index (κ1) is 24.6. The lowest BCUT2D eigenvalue weighted by atomic mass is 10.0. The molecule has 4 rings (SSSR count). The summed E-state index contributed by atoms with van der Waals surface area (Å²) in [5.74, 6) is 1.50. The van der Waals surface area contributed by atoms with Gasteiger partial charge in [0.15, 0.2) is 0 Å². The van der Waals surface area contributed by atoms with Gasteiger partial charge in [-0.2, -0.15) is 0 Å². The lowest BCUT2D eigenvalue weighted by Gasteiger charge is -2.12. The average Bonchev–Trinajstić information content (AvgIpc) is 3.22. The van der Waals surface area contributed by atoms with Crippen molar-refractivity contribution in [3.05, 3.63) is 95.8 Å². The third-order valence-corrected chi connectivity index (χ3v) is 6.11. The van der Waals surface area contributed by atoms with Gasteiger partial charge in [0.25, 0.3) is 0 Å². The van der Waals surface area contributed by atoms with E-state index in [-0.39, 0.29) is 0 Å². The zero-order valence-corrected chi connectivity index (χ0v) is 20.7. The minimum absolute atomic E-state index is 0.442. The molecule has 3 aromatic carbocycles. The van der Waals surface area contributed by atoms with Gasteiger partial charge in [0.2, 0.25) is 0 Å². The summed E-state index contributed by atoms with van der Waals surface area (Å²) in [5.41, 5.74) is 4.50. The van der Waals surface area contributed by atoms with E-state index >= 15 is 0 Å². The minimum atomic E-state index is -0.442. The zero-order chi connectivity index (χ0) is 24.5. The summed E-state index contributed by atoms with van der Waals surface area (Å²) in [6.07, 6.45) is 3.60. The van der Waals surface area contributed by atoms with Crippen LogP contribution in [0, 0.1) is 6.92 Å². The number of unbranched alkanes of at least 4 members (excludes halogenated alkanes) is 3. The number of hydrogen-bond acceptors (Lipinski definition) is 3. The molecule has 0 spiro atoms. The number of carbonyl (C=O) groups excluding carboxylic acids is 1. The fourth-order valence-electron chi connectivity index (χ4n) is 4.11. The quantitative estimate of drug-likeness (QED) is 0.235. The van der Waals surface area contributed by atoms with Crippen LogP contribution in [0.25, 0.3) is 22.5 Å². The molecule has 1 amide bonds. The van der Waals surface area contributed by atoms with Crippen molar-refractivity contribution in [3.63, 3.8) is 0 Å². The highest BCUT2D eigenvalue weighted by Gasteiger charge is 2.17. The first-order chi connectivity index (χ1) is 17.1. The van der Waals surface area contributed by atoms with Crippen molar-refractivity contribution < 1.29 is 9.53 Å². The Morgan fingerprint density at radius 1 is 0.857 bits per heavy atom. The van der Waals surface area contributed by atoms with Crippen molar-refractivity contribution in [1.82, 2.24) is 14.9 Å². The van der Waals surface area contributed by atoms with Gasteiger partial charge < -0.3 is 14.6 Å². The molecule has 1 heterocycles. The Kier molecular flexibility index (Phi) is 8.58. The van der Waals surface area contributed by atoms with Crippen molar-refractivity contribution in [1.29, 1.82) is 0 Å². The highest BCUT2D eigenvalue weighted by molar-refractivity contribution is 6.30. The Balaban J connectivity index is 1.28. The standard InChI is InChI=1S/C29H30ClN3O2/c1-22-32-27(23-12-6-4-7-13-23)28(24-14-8-5-9-15-24)33(22)21-11-3-2-10-20-31-29(34)35-26-18-16-25(30)17-19-26/h4-9,12-19H,2-3,10-11,20-21H2,1H3,(H,31,34). The van der Waals surface area contributed by atoms with Crippen LogP contribution in [0.15, 0.2) is 84.9 Å². The minimum Gasteiger partial charge on any atom is -0.410 e. The molecule has 1 N–H and O–H groups in total. The molecule has 0 aliphatic carbocycles. The summed E-state index contributed by atoms with van der Waals surface area (Å²) in [4.78, 5) is 16.9. The lowest BCUT2D eigenvalue weighted by molar-refractivity contribution is 0.200. The fraction of sp³-hybridized carbons (Fsp3) is 0.241. The van der Waals surface area contributed by atoms with Crippen molar-refractivity contribution in [2.75, 3.05) is 6.54 Å². The molecule has 0 aliphatic heterocycles. The normalized spacial score (nSPS) is 10.8. The monoisotopic (exact) mass is 487 g/mol. The van der Waals surface area contributed by atoms with Gasteiger partial charge >= 0.3 is 6.09 Å². The van der Waals surface area contributed by atoms with Crippen LogP contribution in [0.3, 0.4) is 0 Å². The number of aromatic nitrogens is 2. The van der Waals surface area contributed by atoms with Crippen LogP contribution in [0.1, 0.15) is 31.5 Å². The molecular weight excluding hydrogens is 458 g/mol. The number of aryl methyl sites for hydroxylation is 1. The van der Waals surface area contributed by atoms with Gasteiger partial charge in [-0.15, -0.1) is 0 Å². The summed E-state index contributed by atoms with van der Waals surface area (Å²) in [7, 11) is 0. The van der Waals surface area contributed by atoms with Gasteiger partial charge in [0.1, 0.15) is 11.6 Å². The topological polar surface area (TPSA) is 56.2 Å². The predicted octanol–water partition coefficient (Wildman–Crippen LogP) is 7.53. The second-order valence-corrected chi connectivity index (χ2v) is 8.86. The van der Waals surface area contributed by atoms with E-state index in [2.05, 4.69) is 65.3 Å². The number of ether oxygens (including phenoxy) is 1. The summed E-state index contributed by atoms with van der Waals surface area (Å²) in [6, 6.07) is 27.6. The van der Waals surface area contributed by atoms with Gasteiger partial charge in [0, 0.05) is 29.2 Å². The third-order valence-electron chi connectivity index (χ3n) is 5.85. The number of nitrogens with zero attached hydrogens (tertiary/aromatic N) is 2. The summed E-state index contributed by atoms with van der Waals surface area (Å²) < 4.78 is 7.58. The van der Waals surface area contributed by atoms with Crippen LogP contribution in [-0.4, -0.2) is 22.2 Å². The van der Waals surface area contributed by atoms with Crippen LogP contribution in [0.4, 0.5) is 4.79 Å². The largest absolute Gasteiger partial charge is 0.412 e. The molecule has 1 aromatic heterocycles. The third kappa shape index (κ3) is 6.74. The molecule has 0 saturated heterocycles. The maximum Gasteiger partial charge on any atom is 0.412 e. The molecule has 35 heavy (non-hydrogen) atoms. The number of benzene rings is 3. The van der Waals surface area contributed by atoms with Crippen LogP contribution < -0.4 is 10.1 Å². The molecule has 0 radical (unpaired) electrons. The van der Waals surface area contributed by atoms with Crippen molar-refractivity contribution in [2.24, 2.45) is 0 Å². The van der Waals surface area contributed by atoms with Gasteiger partial charge in [-0.25, -0.2) is 9.78 Å². The molecular formula is C29H30ClN3O2. The molecule has 5 nitrogen and oxygen atoms in total. The lowest BCUT2D eigenvalue weighted by Crippen LogP contribution is -2.27. The van der Waals surface area contributed by atoms with Crippen LogP contribution in [0.2, 0.25) is 5.02 Å². The number of nitrogens with one attached hydrogen (secondary N) is 1. The van der Waals surface area contributed by atoms with E-state index in [1.54, 1.807) is 24.3 Å². The fourth-order valence-corrected chi connectivity index (χ4v) is 4.23. The summed E-state index contributed by atoms with van der Waals surface area (Å²) in [6.45, 7) is 3.57. The number of hydrogen-bond donors (Lipinski definition) is 1. The van der Waals surface area contributed by atoms with Crippen LogP contribution >= 0.6 is 11.6 Å². The molecule has 180 valence electrons. The van der Waals surface area contributed by atoms with E-state index in [0.29, 0.717) is 17.3 Å².